The van der Waals surface area contributed by atoms with E-state index in [4.69, 9.17) is 0 Å². The molecule has 0 radical (unpaired) electrons. The first-order valence-electron chi connectivity index (χ1n) is 17.8. The van der Waals surface area contributed by atoms with Crippen LogP contribution in [0.3, 0.4) is 0 Å². The van der Waals surface area contributed by atoms with E-state index in [1.807, 2.05) is 12.2 Å². The van der Waals surface area contributed by atoms with Crippen molar-refractivity contribution in [3.8, 4) is 0 Å². The van der Waals surface area contributed by atoms with Gasteiger partial charge in [-0.1, -0.05) is 99.1 Å². The van der Waals surface area contributed by atoms with E-state index in [2.05, 4.69) is 157 Å². The quantitative estimate of drug-likeness (QED) is 0.141. The third kappa shape index (κ3) is 12.3. The summed E-state index contributed by atoms with van der Waals surface area (Å²) in [5, 5.41) is 9.24. The SMILES string of the molecule is CCCCc1c(C)c([Si](C)(C)C)cc2c1[cH-]c1cc(C)c([Si](C)(C)C)cc12.[C-]1=CC=CC1.[Cl-].[Cl-].[Zr+2]=[C](Cc1ccccc1)Cc1ccccc1. The van der Waals surface area contributed by atoms with E-state index in [-0.39, 0.29) is 24.8 Å². The second-order valence-electron chi connectivity index (χ2n) is 15.4. The zero-order valence-electron chi connectivity index (χ0n) is 31.8. The molecular formula is C45H56Cl2Si2Zr-2. The van der Waals surface area contributed by atoms with E-state index >= 15 is 0 Å². The standard InChI is InChI=1S/C25H37Si2.C15H14.C5H5.2ClH.Zr/c1-10-11-12-20-18(3)25(27(7,8)9)16-23-21-15-24(26(4,5)6)17(2)13-19(21)14-22(20)23;1-3-8-14(9-4-1)12-7-13-15-10-5-2-6-11-15;1-2-4-5-3-1;;;/h13-16H,10-12H2,1-9H3;1-6,8-11H,12-13H2;1-3H,4H2;2*1H;/q-1;;-1;;;+2/p-2. The van der Waals surface area contributed by atoms with Crippen molar-refractivity contribution in [2.24, 2.45) is 0 Å². The summed E-state index contributed by atoms with van der Waals surface area (Å²) in [6.07, 6.45) is 16.0. The number of fused-ring (bicyclic) bond motifs is 3. The molecule has 1 aliphatic rings. The molecule has 0 bridgehead atoms. The van der Waals surface area contributed by atoms with Crippen molar-refractivity contribution in [2.75, 3.05) is 0 Å². The van der Waals surface area contributed by atoms with E-state index < -0.39 is 16.1 Å². The van der Waals surface area contributed by atoms with Crippen LogP contribution in [0.5, 0.6) is 0 Å². The van der Waals surface area contributed by atoms with Gasteiger partial charge in [0.25, 0.3) is 0 Å². The van der Waals surface area contributed by atoms with Crippen molar-refractivity contribution in [3.63, 3.8) is 0 Å². The van der Waals surface area contributed by atoms with Gasteiger partial charge in [-0.2, -0.15) is 6.08 Å². The van der Waals surface area contributed by atoms with Gasteiger partial charge in [0.05, 0.1) is 16.1 Å². The van der Waals surface area contributed by atoms with Gasteiger partial charge in [-0.3, -0.25) is 6.08 Å². The van der Waals surface area contributed by atoms with E-state index in [1.165, 1.54) is 57.5 Å². The van der Waals surface area contributed by atoms with Gasteiger partial charge in [0.1, 0.15) is 0 Å². The molecule has 0 saturated heterocycles. The summed E-state index contributed by atoms with van der Waals surface area (Å²) in [7, 11) is -2.72. The topological polar surface area (TPSA) is 0 Å². The van der Waals surface area contributed by atoms with Crippen molar-refractivity contribution < 1.29 is 49.0 Å². The molecule has 0 fully saturated rings. The molecule has 0 heterocycles. The van der Waals surface area contributed by atoms with Crippen LogP contribution in [0.4, 0.5) is 0 Å². The van der Waals surface area contributed by atoms with Crippen molar-refractivity contribution >= 4 is 51.3 Å². The molecule has 1 aliphatic carbocycles. The first-order valence-corrected chi connectivity index (χ1v) is 26.1. The van der Waals surface area contributed by atoms with E-state index in [0.717, 1.165) is 19.3 Å². The van der Waals surface area contributed by atoms with Crippen molar-refractivity contribution in [2.45, 2.75) is 98.6 Å². The average molecular weight is 815 g/mol. The molecule has 0 aromatic heterocycles. The average Bonchev–Trinajstić information content (AvgIpc) is 3.72. The summed E-state index contributed by atoms with van der Waals surface area (Å²) in [4.78, 5) is 0. The first kappa shape index (κ1) is 44.2. The molecule has 0 nitrogen and oxygen atoms in total. The van der Waals surface area contributed by atoms with E-state index in [9.17, 15) is 0 Å². The Kier molecular flexibility index (Phi) is 17.9. The molecule has 5 aromatic carbocycles. The van der Waals surface area contributed by atoms with E-state index in [0.29, 0.717) is 0 Å². The Morgan fingerprint density at radius 2 is 1.30 bits per heavy atom. The van der Waals surface area contributed by atoms with Crippen molar-refractivity contribution in [1.29, 1.82) is 0 Å². The number of hydrogen-bond acceptors (Lipinski definition) is 0. The molecule has 0 aliphatic heterocycles. The molecule has 0 atom stereocenters. The Balaban J connectivity index is 0.000000318. The van der Waals surface area contributed by atoms with Crippen LogP contribution < -0.4 is 35.2 Å². The van der Waals surface area contributed by atoms with E-state index in [1.54, 1.807) is 48.9 Å². The molecule has 0 amide bonds. The van der Waals surface area contributed by atoms with Crippen LogP contribution in [0.2, 0.25) is 39.3 Å². The normalized spacial score (nSPS) is 12.1. The van der Waals surface area contributed by atoms with Gasteiger partial charge >= 0.3 is 112 Å². The molecule has 5 heteroatoms. The fraction of sp³-hybridized carbons (Fsp3) is 0.333. The Labute approximate surface area is 333 Å². The number of unbranched alkanes of at least 4 members (excludes halogenated alkanes) is 1. The second-order valence-corrected chi connectivity index (χ2v) is 27.2. The predicted molar refractivity (Wildman–Crippen MR) is 218 cm³/mol. The fourth-order valence-electron chi connectivity index (χ4n) is 6.83. The first-order chi connectivity index (χ1) is 22.8. The van der Waals surface area contributed by atoms with Crippen molar-refractivity contribution in [3.05, 3.63) is 137 Å². The Morgan fingerprint density at radius 1 is 0.760 bits per heavy atom. The second kappa shape index (κ2) is 20.3. The molecule has 0 unspecified atom stereocenters. The van der Waals surface area contributed by atoms with Gasteiger partial charge in [-0.05, 0) is 13.8 Å². The third-order valence-electron chi connectivity index (χ3n) is 9.25. The number of allylic oxidation sites excluding steroid dienone is 4. The number of halogens is 2. The summed E-state index contributed by atoms with van der Waals surface area (Å²) in [6, 6.07) is 31.5. The zero-order chi connectivity index (χ0) is 34.9. The van der Waals surface area contributed by atoms with Gasteiger partial charge in [0.15, 0.2) is 0 Å². The summed E-state index contributed by atoms with van der Waals surface area (Å²) in [5.74, 6) is 0. The molecule has 0 saturated carbocycles. The van der Waals surface area contributed by atoms with Crippen LogP contribution in [-0.2, 0) is 43.5 Å². The molecule has 50 heavy (non-hydrogen) atoms. The number of rotatable bonds is 9. The van der Waals surface area contributed by atoms with Crippen LogP contribution in [0.25, 0.3) is 21.5 Å². The maximum atomic E-state index is 2.99. The Morgan fingerprint density at radius 3 is 1.74 bits per heavy atom. The van der Waals surface area contributed by atoms with Crippen LogP contribution in [0, 0.1) is 19.9 Å². The number of hydrogen-bond donors (Lipinski definition) is 0. The minimum atomic E-state index is -1.38. The summed E-state index contributed by atoms with van der Waals surface area (Å²) in [6.45, 7) is 21.9. The third-order valence-corrected chi connectivity index (χ3v) is 14.4. The predicted octanol–water partition coefficient (Wildman–Crippen LogP) is 5.27. The molecular weight excluding hydrogens is 759 g/mol. The number of aryl methyl sites for hydroxylation is 2. The van der Waals surface area contributed by atoms with Crippen LogP contribution in [-0.4, -0.2) is 19.4 Å². The maximum absolute atomic E-state index is 2.99. The molecule has 0 spiro atoms. The van der Waals surface area contributed by atoms with Gasteiger partial charge in [0, 0.05) is 0 Å². The monoisotopic (exact) mass is 812 g/mol. The van der Waals surface area contributed by atoms with Gasteiger partial charge < -0.3 is 24.8 Å². The van der Waals surface area contributed by atoms with Crippen LogP contribution in [0.15, 0.2) is 103 Å². The van der Waals surface area contributed by atoms with Gasteiger partial charge in [-0.25, -0.2) is 12.2 Å². The Hall–Kier alpha value is -2.00. The summed E-state index contributed by atoms with van der Waals surface area (Å²) >= 11 is 1.55. The van der Waals surface area contributed by atoms with Crippen LogP contribution in [0.1, 0.15) is 54.0 Å². The Bertz CT molecular complexity index is 1820. The number of benzene rings is 4. The minimum absolute atomic E-state index is 0. The molecule has 6 rings (SSSR count). The van der Waals surface area contributed by atoms with Crippen LogP contribution >= 0.6 is 0 Å². The summed E-state index contributed by atoms with van der Waals surface area (Å²) in [5.41, 5.74) is 7.52. The molecule has 5 aromatic rings. The van der Waals surface area contributed by atoms with Gasteiger partial charge in [-0.15, -0.1) is 45.7 Å². The fourth-order valence-corrected chi connectivity index (χ4v) is 11.5. The summed E-state index contributed by atoms with van der Waals surface area (Å²) < 4.78 is 1.60. The zero-order valence-corrected chi connectivity index (χ0v) is 37.8. The molecule has 0 N–H and O–H groups in total. The van der Waals surface area contributed by atoms with Crippen molar-refractivity contribution in [1.82, 2.24) is 0 Å². The molecule has 264 valence electrons. The van der Waals surface area contributed by atoms with Gasteiger partial charge in [0.2, 0.25) is 0 Å².